The second-order valence-electron chi connectivity index (χ2n) is 2.49. The zero-order chi connectivity index (χ0) is 9.84. The molecule has 1 aromatic heterocycles. The molecule has 1 atom stereocenters. The minimum Gasteiger partial charge on any atom is -0.390 e. The van der Waals surface area contributed by atoms with Gasteiger partial charge in [-0.1, -0.05) is 15.9 Å². The van der Waals surface area contributed by atoms with Crippen LogP contribution in [0.3, 0.4) is 0 Å². The van der Waals surface area contributed by atoms with E-state index in [2.05, 4.69) is 21.0 Å². The van der Waals surface area contributed by atoms with Crippen LogP contribution >= 0.6 is 15.9 Å². The fraction of sp³-hybridized carbons (Fsp3) is 0.500. The molecule has 0 saturated heterocycles. The van der Waals surface area contributed by atoms with Gasteiger partial charge in [-0.2, -0.15) is 5.10 Å². The first kappa shape index (κ1) is 10.1. The van der Waals surface area contributed by atoms with Crippen LogP contribution < -0.4 is 0 Å². The third-order valence-electron chi connectivity index (χ3n) is 1.41. The summed E-state index contributed by atoms with van der Waals surface area (Å²) in [7, 11) is 0. The minimum atomic E-state index is -0.584. The van der Waals surface area contributed by atoms with Crippen molar-refractivity contribution in [1.29, 1.82) is 0 Å². The zero-order valence-electron chi connectivity index (χ0n) is 6.63. The number of halogens is 1. The highest BCUT2D eigenvalue weighted by atomic mass is 79.9. The molecule has 1 heterocycles. The maximum absolute atomic E-state index is 10.3. The third-order valence-corrected chi connectivity index (χ3v) is 2.15. The first-order chi connectivity index (χ1) is 6.13. The number of nitrogens with zero attached hydrogens (tertiary/aromatic N) is 3. The SMILES string of the molecule is O=[N+]([O-])c1cnn(CC(O)CBr)c1. The Kier molecular flexibility index (Phi) is 3.38. The van der Waals surface area contributed by atoms with Crippen LogP contribution in [0.4, 0.5) is 5.69 Å². The van der Waals surface area contributed by atoms with Crippen molar-refractivity contribution < 1.29 is 10.0 Å². The van der Waals surface area contributed by atoms with Gasteiger partial charge in [-0.3, -0.25) is 14.8 Å². The predicted octanol–water partition coefficient (Wildman–Crippen LogP) is 0.547. The van der Waals surface area contributed by atoms with Crippen molar-refractivity contribution in [2.24, 2.45) is 0 Å². The van der Waals surface area contributed by atoms with E-state index in [0.29, 0.717) is 5.33 Å². The molecule has 0 fully saturated rings. The van der Waals surface area contributed by atoms with Gasteiger partial charge in [-0.25, -0.2) is 0 Å². The summed E-state index contributed by atoms with van der Waals surface area (Å²) in [6.45, 7) is 0.249. The van der Waals surface area contributed by atoms with Crippen molar-refractivity contribution in [2.75, 3.05) is 5.33 Å². The lowest BCUT2D eigenvalue weighted by Crippen LogP contribution is -2.17. The van der Waals surface area contributed by atoms with Crippen molar-refractivity contribution in [3.63, 3.8) is 0 Å². The Hall–Kier alpha value is -0.950. The van der Waals surface area contributed by atoms with Crippen molar-refractivity contribution in [3.8, 4) is 0 Å². The molecule has 6 nitrogen and oxygen atoms in total. The third kappa shape index (κ3) is 2.78. The summed E-state index contributed by atoms with van der Waals surface area (Å²) in [4.78, 5) is 9.73. The molecule has 0 saturated carbocycles. The standard InChI is InChI=1S/C6H8BrN3O3/c7-1-6(11)4-9-3-5(2-8-9)10(12)13/h2-3,6,11H,1,4H2. The van der Waals surface area contributed by atoms with E-state index in [0.717, 1.165) is 6.20 Å². The molecule has 1 aromatic rings. The van der Waals surface area contributed by atoms with Gasteiger partial charge in [-0.15, -0.1) is 0 Å². The van der Waals surface area contributed by atoms with E-state index in [1.165, 1.54) is 10.9 Å². The highest BCUT2D eigenvalue weighted by Crippen LogP contribution is 2.08. The smallest absolute Gasteiger partial charge is 0.306 e. The van der Waals surface area contributed by atoms with Gasteiger partial charge >= 0.3 is 5.69 Å². The molecule has 72 valence electrons. The summed E-state index contributed by atoms with van der Waals surface area (Å²) in [5, 5.41) is 23.6. The number of aromatic nitrogens is 2. The number of nitro groups is 1. The summed E-state index contributed by atoms with van der Waals surface area (Å²) in [5.74, 6) is 0. The average molecular weight is 250 g/mol. The number of aliphatic hydroxyl groups is 1. The fourth-order valence-electron chi connectivity index (χ4n) is 0.812. The molecule has 0 radical (unpaired) electrons. The van der Waals surface area contributed by atoms with Crippen LogP contribution in [0.25, 0.3) is 0 Å². The molecule has 13 heavy (non-hydrogen) atoms. The topological polar surface area (TPSA) is 81.2 Å². The van der Waals surface area contributed by atoms with Crippen molar-refractivity contribution >= 4 is 21.6 Å². The molecule has 0 aliphatic rings. The zero-order valence-corrected chi connectivity index (χ0v) is 8.22. The lowest BCUT2D eigenvalue weighted by Gasteiger charge is -2.04. The van der Waals surface area contributed by atoms with Crippen molar-refractivity contribution in [1.82, 2.24) is 9.78 Å². The van der Waals surface area contributed by atoms with Crippen molar-refractivity contribution in [2.45, 2.75) is 12.6 Å². The number of aliphatic hydroxyl groups excluding tert-OH is 1. The van der Waals surface area contributed by atoms with Crippen LogP contribution in [0.1, 0.15) is 0 Å². The van der Waals surface area contributed by atoms with Crippen LogP contribution in [0.2, 0.25) is 0 Å². The molecule has 0 aliphatic heterocycles. The number of hydrogen-bond donors (Lipinski definition) is 1. The number of hydrogen-bond acceptors (Lipinski definition) is 4. The Bertz CT molecular complexity index is 301. The Morgan fingerprint density at radius 2 is 2.54 bits per heavy atom. The van der Waals surface area contributed by atoms with E-state index < -0.39 is 11.0 Å². The normalized spacial score (nSPS) is 12.8. The maximum atomic E-state index is 10.3. The molecule has 1 rings (SSSR count). The van der Waals surface area contributed by atoms with Crippen molar-refractivity contribution in [3.05, 3.63) is 22.5 Å². The van der Waals surface area contributed by atoms with Gasteiger partial charge in [0.05, 0.1) is 17.6 Å². The summed E-state index contributed by atoms with van der Waals surface area (Å²) >= 11 is 3.08. The molecule has 0 aromatic carbocycles. The quantitative estimate of drug-likeness (QED) is 0.480. The summed E-state index contributed by atoms with van der Waals surface area (Å²) in [6, 6.07) is 0. The molecule has 0 amide bonds. The molecular weight excluding hydrogens is 242 g/mol. The summed E-state index contributed by atoms with van der Waals surface area (Å²) < 4.78 is 1.34. The van der Waals surface area contributed by atoms with E-state index in [9.17, 15) is 15.2 Å². The molecule has 1 unspecified atom stereocenters. The van der Waals surface area contributed by atoms with Crippen LogP contribution in [0, 0.1) is 10.1 Å². The predicted molar refractivity (Wildman–Crippen MR) is 48.7 cm³/mol. The van der Waals surface area contributed by atoms with E-state index in [1.54, 1.807) is 0 Å². The van der Waals surface area contributed by atoms with E-state index >= 15 is 0 Å². The summed E-state index contributed by atoms with van der Waals surface area (Å²) in [5.41, 5.74) is -0.0678. The Labute approximate surface area is 82.4 Å². The van der Waals surface area contributed by atoms with Gasteiger partial charge in [-0.05, 0) is 0 Å². The Morgan fingerprint density at radius 3 is 3.00 bits per heavy atom. The molecular formula is C6H8BrN3O3. The molecule has 1 N–H and O–H groups in total. The highest BCUT2D eigenvalue weighted by molar-refractivity contribution is 9.09. The number of alkyl halides is 1. The number of rotatable bonds is 4. The highest BCUT2D eigenvalue weighted by Gasteiger charge is 2.10. The van der Waals surface area contributed by atoms with E-state index in [-0.39, 0.29) is 12.2 Å². The van der Waals surface area contributed by atoms with Gasteiger partial charge in [0.25, 0.3) is 0 Å². The van der Waals surface area contributed by atoms with Gasteiger partial charge in [0.1, 0.15) is 12.4 Å². The van der Waals surface area contributed by atoms with E-state index in [1.807, 2.05) is 0 Å². The molecule has 0 bridgehead atoms. The van der Waals surface area contributed by atoms with Crippen LogP contribution in [0.5, 0.6) is 0 Å². The molecule has 0 spiro atoms. The van der Waals surface area contributed by atoms with Crippen LogP contribution in [0.15, 0.2) is 12.4 Å². The Balaban J connectivity index is 2.64. The largest absolute Gasteiger partial charge is 0.390 e. The van der Waals surface area contributed by atoms with Gasteiger partial charge in [0, 0.05) is 5.33 Å². The van der Waals surface area contributed by atoms with Gasteiger partial charge in [0.2, 0.25) is 0 Å². The first-order valence-corrected chi connectivity index (χ1v) is 4.66. The minimum absolute atomic E-state index is 0.0678. The molecule has 0 aliphatic carbocycles. The van der Waals surface area contributed by atoms with Gasteiger partial charge < -0.3 is 5.11 Å². The lowest BCUT2D eigenvalue weighted by atomic mass is 10.4. The first-order valence-electron chi connectivity index (χ1n) is 3.54. The van der Waals surface area contributed by atoms with Crippen LogP contribution in [-0.2, 0) is 6.54 Å². The Morgan fingerprint density at radius 1 is 1.85 bits per heavy atom. The second-order valence-corrected chi connectivity index (χ2v) is 3.13. The maximum Gasteiger partial charge on any atom is 0.306 e. The molecule has 7 heteroatoms. The van der Waals surface area contributed by atoms with E-state index in [4.69, 9.17) is 0 Å². The lowest BCUT2D eigenvalue weighted by molar-refractivity contribution is -0.385. The summed E-state index contributed by atoms with van der Waals surface area (Å²) in [6.07, 6.45) is 1.85. The monoisotopic (exact) mass is 249 g/mol. The fourth-order valence-corrected chi connectivity index (χ4v) is 1.02. The van der Waals surface area contributed by atoms with Crippen LogP contribution in [-0.4, -0.2) is 31.2 Å². The average Bonchev–Trinajstić information content (AvgIpc) is 2.52. The van der Waals surface area contributed by atoms with Gasteiger partial charge in [0.15, 0.2) is 0 Å². The second kappa shape index (κ2) is 4.33.